The number of hydrogen-bond donors (Lipinski definition) is 1. The Morgan fingerprint density at radius 3 is 2.61 bits per heavy atom. The number of carbonyl (C=O) groups is 2. The van der Waals surface area contributed by atoms with Crippen molar-refractivity contribution in [2.75, 3.05) is 17.7 Å². The SMILES string of the molecule is CCOC(=O)c1ccc(NC(=O)CSc2nc3c(c(=O)n2-c2ccccc2)SC(C)C3)cc1. The van der Waals surface area contributed by atoms with Crippen LogP contribution in [-0.4, -0.2) is 39.0 Å². The Morgan fingerprint density at radius 2 is 1.91 bits per heavy atom. The fourth-order valence-electron chi connectivity index (χ4n) is 3.43. The number of carbonyl (C=O) groups excluding carboxylic acids is 2. The summed E-state index contributed by atoms with van der Waals surface area (Å²) in [5, 5.41) is 3.60. The van der Waals surface area contributed by atoms with Crippen molar-refractivity contribution < 1.29 is 14.3 Å². The maximum Gasteiger partial charge on any atom is 0.338 e. The van der Waals surface area contributed by atoms with E-state index < -0.39 is 5.97 Å². The molecular formula is C24H23N3O4S2. The van der Waals surface area contributed by atoms with Crippen molar-refractivity contribution in [3.05, 3.63) is 76.2 Å². The number of nitrogens with zero attached hydrogens (tertiary/aromatic N) is 2. The summed E-state index contributed by atoms with van der Waals surface area (Å²) in [6, 6.07) is 15.9. The zero-order valence-corrected chi connectivity index (χ0v) is 19.9. The normalized spacial score (nSPS) is 14.5. The van der Waals surface area contributed by atoms with Gasteiger partial charge in [-0.25, -0.2) is 9.78 Å². The summed E-state index contributed by atoms with van der Waals surface area (Å²) in [4.78, 5) is 43.0. The first-order valence-corrected chi connectivity index (χ1v) is 12.4. The van der Waals surface area contributed by atoms with Crippen molar-refractivity contribution in [2.24, 2.45) is 0 Å². The van der Waals surface area contributed by atoms with E-state index in [-0.39, 0.29) is 17.2 Å². The number of rotatable bonds is 7. The third-order valence-electron chi connectivity index (χ3n) is 4.91. The lowest BCUT2D eigenvalue weighted by atomic mass is 10.2. The van der Waals surface area contributed by atoms with Crippen molar-refractivity contribution in [1.29, 1.82) is 0 Å². The van der Waals surface area contributed by atoms with Gasteiger partial charge in [0.2, 0.25) is 5.91 Å². The molecule has 1 aliphatic rings. The minimum absolute atomic E-state index is 0.0837. The zero-order valence-electron chi connectivity index (χ0n) is 18.2. The highest BCUT2D eigenvalue weighted by molar-refractivity contribution is 8.00. The number of para-hydroxylation sites is 1. The van der Waals surface area contributed by atoms with Gasteiger partial charge in [0, 0.05) is 17.4 Å². The Labute approximate surface area is 200 Å². The molecule has 2 aromatic carbocycles. The van der Waals surface area contributed by atoms with Crippen LogP contribution in [0.15, 0.2) is 69.4 Å². The Bertz CT molecular complexity index is 1230. The van der Waals surface area contributed by atoms with Crippen LogP contribution >= 0.6 is 23.5 Å². The standard InChI is InChI=1S/C24H23N3O4S2/c1-3-31-23(30)16-9-11-17(12-10-16)25-20(28)14-32-24-26-19-13-15(2)33-21(19)22(29)27(24)18-7-5-4-6-8-18/h4-12,15H,3,13-14H2,1-2H3,(H,25,28). The van der Waals surface area contributed by atoms with E-state index in [1.54, 1.807) is 47.5 Å². The second-order valence-electron chi connectivity index (χ2n) is 7.41. The minimum Gasteiger partial charge on any atom is -0.462 e. The van der Waals surface area contributed by atoms with Crippen molar-refractivity contribution in [2.45, 2.75) is 35.6 Å². The second-order valence-corrected chi connectivity index (χ2v) is 9.80. The molecular weight excluding hydrogens is 458 g/mol. The number of esters is 1. The highest BCUT2D eigenvalue weighted by Gasteiger charge is 2.27. The molecule has 2 heterocycles. The van der Waals surface area contributed by atoms with E-state index in [1.807, 2.05) is 30.3 Å². The summed E-state index contributed by atoms with van der Waals surface area (Å²) in [5.41, 5.74) is 2.40. The molecule has 1 N–H and O–H groups in total. The molecule has 3 aromatic rings. The molecule has 0 radical (unpaired) electrons. The van der Waals surface area contributed by atoms with Gasteiger partial charge in [0.25, 0.3) is 5.56 Å². The van der Waals surface area contributed by atoms with Crippen molar-refractivity contribution >= 4 is 41.1 Å². The fourth-order valence-corrected chi connectivity index (χ4v) is 5.36. The Kier molecular flexibility index (Phi) is 7.20. The molecule has 0 saturated heterocycles. The largest absolute Gasteiger partial charge is 0.462 e. The van der Waals surface area contributed by atoms with Gasteiger partial charge in [-0.05, 0) is 43.3 Å². The molecule has 0 saturated carbocycles. The van der Waals surface area contributed by atoms with Crippen LogP contribution in [0.1, 0.15) is 29.9 Å². The van der Waals surface area contributed by atoms with E-state index in [0.29, 0.717) is 33.2 Å². The summed E-state index contributed by atoms with van der Waals surface area (Å²) in [6.07, 6.45) is 0.734. The van der Waals surface area contributed by atoms with Gasteiger partial charge >= 0.3 is 5.97 Å². The van der Waals surface area contributed by atoms with Crippen molar-refractivity contribution in [1.82, 2.24) is 9.55 Å². The number of aromatic nitrogens is 2. The van der Waals surface area contributed by atoms with Crippen LogP contribution in [0, 0.1) is 0 Å². The number of fused-ring (bicyclic) bond motifs is 1. The molecule has 0 bridgehead atoms. The molecule has 0 fully saturated rings. The third-order valence-corrected chi connectivity index (χ3v) is 7.06. The van der Waals surface area contributed by atoms with Crippen molar-refractivity contribution in [3.8, 4) is 5.69 Å². The summed E-state index contributed by atoms with van der Waals surface area (Å²) in [5.74, 6) is -0.554. The second kappa shape index (κ2) is 10.3. The lowest BCUT2D eigenvalue weighted by molar-refractivity contribution is -0.113. The first-order valence-electron chi connectivity index (χ1n) is 10.5. The van der Waals surface area contributed by atoms with Crippen LogP contribution < -0.4 is 10.9 Å². The Morgan fingerprint density at radius 1 is 1.18 bits per heavy atom. The number of nitrogens with one attached hydrogen (secondary N) is 1. The van der Waals surface area contributed by atoms with E-state index in [0.717, 1.165) is 17.8 Å². The monoisotopic (exact) mass is 481 g/mol. The molecule has 7 nitrogen and oxygen atoms in total. The molecule has 0 aliphatic carbocycles. The number of benzene rings is 2. The van der Waals surface area contributed by atoms with Gasteiger partial charge in [-0.2, -0.15) is 0 Å². The first kappa shape index (κ1) is 23.1. The van der Waals surface area contributed by atoms with E-state index in [4.69, 9.17) is 9.72 Å². The summed E-state index contributed by atoms with van der Waals surface area (Å²) >= 11 is 2.77. The van der Waals surface area contributed by atoms with Crippen LogP contribution in [0.4, 0.5) is 5.69 Å². The number of thioether (sulfide) groups is 2. The van der Waals surface area contributed by atoms with E-state index in [9.17, 15) is 14.4 Å². The van der Waals surface area contributed by atoms with E-state index in [1.165, 1.54) is 11.8 Å². The van der Waals surface area contributed by atoms with Crippen LogP contribution in [0.5, 0.6) is 0 Å². The zero-order chi connectivity index (χ0) is 23.4. The van der Waals surface area contributed by atoms with Crippen LogP contribution in [0.2, 0.25) is 0 Å². The minimum atomic E-state index is -0.403. The van der Waals surface area contributed by atoms with Crippen LogP contribution in [0.3, 0.4) is 0 Å². The maximum absolute atomic E-state index is 13.2. The van der Waals surface area contributed by atoms with Crippen LogP contribution in [0.25, 0.3) is 5.69 Å². The van der Waals surface area contributed by atoms with Gasteiger partial charge in [-0.3, -0.25) is 14.2 Å². The molecule has 1 aromatic heterocycles. The van der Waals surface area contributed by atoms with Gasteiger partial charge < -0.3 is 10.1 Å². The molecule has 1 amide bonds. The predicted molar refractivity (Wildman–Crippen MR) is 131 cm³/mol. The van der Waals surface area contributed by atoms with Gasteiger partial charge in [0.1, 0.15) is 0 Å². The molecule has 170 valence electrons. The number of amides is 1. The van der Waals surface area contributed by atoms with Gasteiger partial charge in [0.15, 0.2) is 5.16 Å². The van der Waals surface area contributed by atoms with Gasteiger partial charge in [0.05, 0.1) is 34.2 Å². The molecule has 4 rings (SSSR count). The molecule has 1 atom stereocenters. The Hall–Kier alpha value is -3.04. The summed E-state index contributed by atoms with van der Waals surface area (Å²) in [6.45, 7) is 4.12. The highest BCUT2D eigenvalue weighted by Crippen LogP contribution is 2.34. The fraction of sp³-hybridized carbons (Fsp3) is 0.250. The highest BCUT2D eigenvalue weighted by atomic mass is 32.2. The third kappa shape index (κ3) is 5.31. The number of hydrogen-bond acceptors (Lipinski definition) is 7. The predicted octanol–water partition coefficient (Wildman–Crippen LogP) is 4.18. The quantitative estimate of drug-likeness (QED) is 0.308. The van der Waals surface area contributed by atoms with Crippen LogP contribution in [-0.2, 0) is 16.0 Å². The maximum atomic E-state index is 13.2. The molecule has 0 spiro atoms. The lowest BCUT2D eigenvalue weighted by Gasteiger charge is -2.13. The van der Waals surface area contributed by atoms with E-state index in [2.05, 4.69) is 12.2 Å². The molecule has 1 aliphatic heterocycles. The Balaban J connectivity index is 1.51. The average Bonchev–Trinajstić information content (AvgIpc) is 3.19. The smallest absolute Gasteiger partial charge is 0.338 e. The molecule has 1 unspecified atom stereocenters. The molecule has 9 heteroatoms. The number of ether oxygens (including phenoxy) is 1. The lowest BCUT2D eigenvalue weighted by Crippen LogP contribution is -2.24. The summed E-state index contributed by atoms with van der Waals surface area (Å²) in [7, 11) is 0. The van der Waals surface area contributed by atoms with Crippen molar-refractivity contribution in [3.63, 3.8) is 0 Å². The number of anilines is 1. The summed E-state index contributed by atoms with van der Waals surface area (Å²) < 4.78 is 6.55. The average molecular weight is 482 g/mol. The van der Waals surface area contributed by atoms with Gasteiger partial charge in [-0.1, -0.05) is 36.9 Å². The van der Waals surface area contributed by atoms with E-state index >= 15 is 0 Å². The first-order chi connectivity index (χ1) is 16.0. The molecule has 33 heavy (non-hydrogen) atoms. The topological polar surface area (TPSA) is 90.3 Å². The van der Waals surface area contributed by atoms with Gasteiger partial charge in [-0.15, -0.1) is 11.8 Å².